The van der Waals surface area contributed by atoms with Gasteiger partial charge in [0.25, 0.3) is 5.91 Å². The van der Waals surface area contributed by atoms with Gasteiger partial charge in [0.2, 0.25) is 5.91 Å². The van der Waals surface area contributed by atoms with Gasteiger partial charge in [-0.05, 0) is 38.2 Å². The molecule has 4 rings (SSSR count). The SMILES string of the molecule is Cn1cc(C#N)cc1C(=O)N1CCC2(CCCN(C3CCCCC3)C2=O)C1. The van der Waals surface area contributed by atoms with E-state index in [2.05, 4.69) is 11.0 Å². The molecular formula is C21H28N4O2. The van der Waals surface area contributed by atoms with Crippen LogP contribution in [0.4, 0.5) is 0 Å². The Labute approximate surface area is 160 Å². The molecule has 0 aromatic carbocycles. The second-order valence-corrected chi connectivity index (χ2v) is 8.49. The molecule has 0 radical (unpaired) electrons. The summed E-state index contributed by atoms with van der Waals surface area (Å²) in [4.78, 5) is 30.4. The highest BCUT2D eigenvalue weighted by Crippen LogP contribution is 2.42. The third-order valence-corrected chi connectivity index (χ3v) is 6.78. The van der Waals surface area contributed by atoms with Crippen LogP contribution in [0.5, 0.6) is 0 Å². The number of nitriles is 1. The second kappa shape index (κ2) is 7.03. The summed E-state index contributed by atoms with van der Waals surface area (Å²) < 4.78 is 1.71. The van der Waals surface area contributed by atoms with Crippen molar-refractivity contribution < 1.29 is 9.59 Å². The normalized spacial score (nSPS) is 26.6. The zero-order valence-corrected chi connectivity index (χ0v) is 16.1. The maximum Gasteiger partial charge on any atom is 0.270 e. The number of amides is 2. The number of rotatable bonds is 2. The lowest BCUT2D eigenvalue weighted by Crippen LogP contribution is -2.54. The molecule has 1 spiro atoms. The van der Waals surface area contributed by atoms with Crippen molar-refractivity contribution in [2.75, 3.05) is 19.6 Å². The molecule has 1 aromatic heterocycles. The van der Waals surface area contributed by atoms with Gasteiger partial charge in [0.15, 0.2) is 0 Å². The Morgan fingerprint density at radius 3 is 2.67 bits per heavy atom. The highest BCUT2D eigenvalue weighted by Gasteiger charge is 2.50. The van der Waals surface area contributed by atoms with Crippen LogP contribution in [0.25, 0.3) is 0 Å². The smallest absolute Gasteiger partial charge is 0.270 e. The summed E-state index contributed by atoms with van der Waals surface area (Å²) in [5, 5.41) is 9.07. The average molecular weight is 368 g/mol. The second-order valence-electron chi connectivity index (χ2n) is 8.49. The molecule has 2 aliphatic heterocycles. The van der Waals surface area contributed by atoms with Crippen LogP contribution in [0.2, 0.25) is 0 Å². The van der Waals surface area contributed by atoms with Crippen molar-refractivity contribution in [2.24, 2.45) is 12.5 Å². The first kappa shape index (κ1) is 18.1. The predicted octanol–water partition coefficient (Wildman–Crippen LogP) is 2.68. The van der Waals surface area contributed by atoms with Crippen molar-refractivity contribution in [1.29, 1.82) is 5.26 Å². The fourth-order valence-corrected chi connectivity index (χ4v) is 5.27. The highest BCUT2D eigenvalue weighted by atomic mass is 16.2. The van der Waals surface area contributed by atoms with E-state index in [0.29, 0.717) is 30.4 Å². The van der Waals surface area contributed by atoms with Gasteiger partial charge in [0.05, 0.1) is 11.0 Å². The first-order valence-corrected chi connectivity index (χ1v) is 10.2. The fraction of sp³-hybridized carbons (Fsp3) is 0.667. The number of carbonyl (C=O) groups is 2. The van der Waals surface area contributed by atoms with Crippen LogP contribution >= 0.6 is 0 Å². The van der Waals surface area contributed by atoms with E-state index < -0.39 is 5.41 Å². The fourth-order valence-electron chi connectivity index (χ4n) is 5.27. The minimum absolute atomic E-state index is 0.0709. The number of nitrogens with zero attached hydrogens (tertiary/aromatic N) is 4. The molecule has 6 nitrogen and oxygen atoms in total. The monoisotopic (exact) mass is 368 g/mol. The highest BCUT2D eigenvalue weighted by molar-refractivity contribution is 5.94. The number of hydrogen-bond acceptors (Lipinski definition) is 3. The van der Waals surface area contributed by atoms with Crippen LogP contribution in [0.1, 0.15) is 67.4 Å². The van der Waals surface area contributed by atoms with Gasteiger partial charge in [-0.15, -0.1) is 0 Å². The van der Waals surface area contributed by atoms with Gasteiger partial charge < -0.3 is 14.4 Å². The maximum absolute atomic E-state index is 13.4. The zero-order chi connectivity index (χ0) is 19.0. The zero-order valence-electron chi connectivity index (χ0n) is 16.1. The van der Waals surface area contributed by atoms with E-state index in [1.165, 1.54) is 19.3 Å². The molecular weight excluding hydrogens is 340 g/mol. The molecule has 1 unspecified atom stereocenters. The van der Waals surface area contributed by atoms with Gasteiger partial charge in [0, 0.05) is 38.9 Å². The number of carbonyl (C=O) groups excluding carboxylic acids is 2. The Morgan fingerprint density at radius 2 is 1.96 bits per heavy atom. The Morgan fingerprint density at radius 1 is 1.19 bits per heavy atom. The van der Waals surface area contributed by atoms with Gasteiger partial charge >= 0.3 is 0 Å². The van der Waals surface area contributed by atoms with E-state index >= 15 is 0 Å². The molecule has 1 aromatic rings. The van der Waals surface area contributed by atoms with Crippen LogP contribution in [0, 0.1) is 16.7 Å². The standard InChI is InChI=1S/C21H28N4O2/c1-23-14-16(13-22)12-18(23)19(26)24-11-9-21(15-24)8-5-10-25(20(21)27)17-6-3-2-4-7-17/h12,14,17H,2-11,15H2,1H3. The molecule has 1 aliphatic carbocycles. The van der Waals surface area contributed by atoms with Crippen molar-refractivity contribution in [3.63, 3.8) is 0 Å². The summed E-state index contributed by atoms with van der Waals surface area (Å²) in [6.45, 7) is 2.01. The van der Waals surface area contributed by atoms with E-state index in [1.54, 1.807) is 23.9 Å². The van der Waals surface area contributed by atoms with E-state index in [9.17, 15) is 9.59 Å². The van der Waals surface area contributed by atoms with Gasteiger partial charge in [-0.25, -0.2) is 0 Å². The van der Waals surface area contributed by atoms with Gasteiger partial charge in [-0.2, -0.15) is 5.26 Å². The molecule has 1 saturated carbocycles. The van der Waals surface area contributed by atoms with E-state index in [4.69, 9.17) is 5.26 Å². The number of hydrogen-bond donors (Lipinski definition) is 0. The third-order valence-electron chi connectivity index (χ3n) is 6.78. The molecule has 0 bridgehead atoms. The minimum Gasteiger partial charge on any atom is -0.345 e. The van der Waals surface area contributed by atoms with Crippen molar-refractivity contribution in [3.8, 4) is 6.07 Å². The first-order chi connectivity index (χ1) is 13.0. The summed E-state index contributed by atoms with van der Waals surface area (Å²) in [5.74, 6) is 0.207. The summed E-state index contributed by atoms with van der Waals surface area (Å²) in [6.07, 6.45) is 10.3. The van der Waals surface area contributed by atoms with Gasteiger partial charge in [-0.1, -0.05) is 19.3 Å². The summed E-state index contributed by atoms with van der Waals surface area (Å²) in [7, 11) is 1.79. The largest absolute Gasteiger partial charge is 0.345 e. The number of likely N-dealkylation sites (tertiary alicyclic amines) is 2. The minimum atomic E-state index is -0.394. The van der Waals surface area contributed by atoms with Crippen LogP contribution in [0.3, 0.4) is 0 Å². The summed E-state index contributed by atoms with van der Waals surface area (Å²) in [6, 6.07) is 4.13. The van der Waals surface area contributed by atoms with Crippen molar-refractivity contribution in [3.05, 3.63) is 23.5 Å². The van der Waals surface area contributed by atoms with Gasteiger partial charge in [0.1, 0.15) is 11.8 Å². The number of piperidine rings is 1. The van der Waals surface area contributed by atoms with Gasteiger partial charge in [-0.3, -0.25) is 9.59 Å². The van der Waals surface area contributed by atoms with E-state index in [0.717, 1.165) is 38.6 Å². The lowest BCUT2D eigenvalue weighted by Gasteiger charge is -2.44. The average Bonchev–Trinajstić information content (AvgIpc) is 3.29. The Bertz CT molecular complexity index is 787. The molecule has 27 heavy (non-hydrogen) atoms. The predicted molar refractivity (Wildman–Crippen MR) is 101 cm³/mol. The van der Waals surface area contributed by atoms with Crippen LogP contribution in [0.15, 0.2) is 12.3 Å². The topological polar surface area (TPSA) is 69.3 Å². The van der Waals surface area contributed by atoms with Crippen LogP contribution in [-0.2, 0) is 11.8 Å². The van der Waals surface area contributed by atoms with Crippen molar-refractivity contribution >= 4 is 11.8 Å². The molecule has 3 heterocycles. The van der Waals surface area contributed by atoms with Crippen molar-refractivity contribution in [1.82, 2.24) is 14.4 Å². The molecule has 144 valence electrons. The lowest BCUT2D eigenvalue weighted by molar-refractivity contribution is -0.149. The quantitative estimate of drug-likeness (QED) is 0.806. The Hall–Kier alpha value is -2.29. The molecule has 1 atom stereocenters. The number of aromatic nitrogens is 1. The molecule has 2 saturated heterocycles. The maximum atomic E-state index is 13.4. The molecule has 3 aliphatic rings. The van der Waals surface area contributed by atoms with E-state index in [-0.39, 0.29) is 11.8 Å². The summed E-state index contributed by atoms with van der Waals surface area (Å²) in [5.41, 5.74) is 0.622. The molecule has 6 heteroatoms. The lowest BCUT2D eigenvalue weighted by atomic mass is 9.77. The Balaban J connectivity index is 1.50. The first-order valence-electron chi connectivity index (χ1n) is 10.2. The molecule has 3 fully saturated rings. The number of aryl methyl sites for hydroxylation is 1. The Kier molecular flexibility index (Phi) is 4.71. The molecule has 0 N–H and O–H groups in total. The van der Waals surface area contributed by atoms with E-state index in [1.807, 2.05) is 4.90 Å². The molecule has 2 amide bonds. The van der Waals surface area contributed by atoms with Crippen LogP contribution < -0.4 is 0 Å². The third kappa shape index (κ3) is 3.13. The van der Waals surface area contributed by atoms with Crippen molar-refractivity contribution in [2.45, 2.75) is 57.4 Å². The summed E-state index contributed by atoms with van der Waals surface area (Å²) >= 11 is 0. The van der Waals surface area contributed by atoms with Crippen LogP contribution in [-0.4, -0.2) is 51.9 Å².